The first-order valence-electron chi connectivity index (χ1n) is 3.88. The largest absolute Gasteiger partial charge is 0.494 e. The van der Waals surface area contributed by atoms with Crippen LogP contribution in [0.5, 0.6) is 5.75 Å². The Kier molecular flexibility index (Phi) is 3.23. The van der Waals surface area contributed by atoms with E-state index >= 15 is 0 Å². The van der Waals surface area contributed by atoms with Crippen molar-refractivity contribution in [3.8, 4) is 5.75 Å². The average molecular weight is 196 g/mol. The molecule has 1 rings (SSSR count). The van der Waals surface area contributed by atoms with Crippen LogP contribution in [0.2, 0.25) is 0 Å². The third-order valence-corrected chi connectivity index (χ3v) is 1.59. The zero-order valence-corrected chi connectivity index (χ0v) is 7.53. The van der Waals surface area contributed by atoms with Gasteiger partial charge in [0.15, 0.2) is 11.6 Å². The quantitative estimate of drug-likeness (QED) is 0.751. The number of aliphatic carboxylic acids is 1. The Balaban J connectivity index is 2.91. The molecule has 14 heavy (non-hydrogen) atoms. The maximum Gasteiger partial charge on any atom is 0.328 e. The summed E-state index contributed by atoms with van der Waals surface area (Å²) in [6.45, 7) is 0. The SMILES string of the molecule is COc1ccc(/C=C/C(=O)O)cc1F. The lowest BCUT2D eigenvalue weighted by Gasteiger charge is -2.01. The van der Waals surface area contributed by atoms with Crippen LogP contribution in [-0.2, 0) is 4.79 Å². The molecule has 0 aliphatic heterocycles. The molecule has 0 amide bonds. The van der Waals surface area contributed by atoms with Crippen LogP contribution in [0, 0.1) is 5.82 Å². The van der Waals surface area contributed by atoms with E-state index in [-0.39, 0.29) is 5.75 Å². The first-order valence-corrected chi connectivity index (χ1v) is 3.88. The number of carboxylic acids is 1. The third kappa shape index (κ3) is 2.58. The molecule has 1 aromatic carbocycles. The first kappa shape index (κ1) is 10.2. The number of hydrogen-bond donors (Lipinski definition) is 1. The summed E-state index contributed by atoms with van der Waals surface area (Å²) in [5, 5.41) is 8.34. The summed E-state index contributed by atoms with van der Waals surface area (Å²) in [6, 6.07) is 4.22. The van der Waals surface area contributed by atoms with Gasteiger partial charge in [-0.15, -0.1) is 0 Å². The highest BCUT2D eigenvalue weighted by Gasteiger charge is 2.01. The molecule has 4 heteroatoms. The summed E-state index contributed by atoms with van der Waals surface area (Å²) in [7, 11) is 1.37. The molecule has 0 bridgehead atoms. The van der Waals surface area contributed by atoms with E-state index in [0.717, 1.165) is 6.08 Å². The third-order valence-electron chi connectivity index (χ3n) is 1.59. The summed E-state index contributed by atoms with van der Waals surface area (Å²) in [5.41, 5.74) is 0.478. The minimum absolute atomic E-state index is 0.137. The van der Waals surface area contributed by atoms with Crippen molar-refractivity contribution in [1.29, 1.82) is 0 Å². The van der Waals surface area contributed by atoms with Crippen LogP contribution in [0.15, 0.2) is 24.3 Å². The standard InChI is InChI=1S/C10H9FO3/c1-14-9-4-2-7(6-8(9)11)3-5-10(12)13/h2-6H,1H3,(H,12,13)/b5-3+. The van der Waals surface area contributed by atoms with E-state index in [9.17, 15) is 9.18 Å². The highest BCUT2D eigenvalue weighted by molar-refractivity contribution is 5.85. The number of benzene rings is 1. The summed E-state index contributed by atoms with van der Waals surface area (Å²) < 4.78 is 17.8. The molecule has 0 aromatic heterocycles. The number of carboxylic acid groups (broad SMARTS) is 1. The minimum Gasteiger partial charge on any atom is -0.494 e. The second-order valence-electron chi connectivity index (χ2n) is 2.57. The molecule has 0 spiro atoms. The maximum absolute atomic E-state index is 13.1. The van der Waals surface area contributed by atoms with Crippen LogP contribution in [0.25, 0.3) is 6.08 Å². The van der Waals surface area contributed by atoms with Gasteiger partial charge in [-0.05, 0) is 23.8 Å². The Bertz CT molecular complexity index is 372. The number of halogens is 1. The summed E-state index contributed by atoms with van der Waals surface area (Å²) in [4.78, 5) is 10.2. The normalized spacial score (nSPS) is 10.4. The number of hydrogen-bond acceptors (Lipinski definition) is 2. The minimum atomic E-state index is -1.07. The molecular weight excluding hydrogens is 187 g/mol. The van der Waals surface area contributed by atoms with Crippen LogP contribution < -0.4 is 4.74 Å². The molecular formula is C10H9FO3. The van der Waals surface area contributed by atoms with E-state index in [2.05, 4.69) is 0 Å². The molecule has 0 heterocycles. The van der Waals surface area contributed by atoms with Gasteiger partial charge in [0, 0.05) is 6.08 Å². The maximum atomic E-state index is 13.1. The Labute approximate surface area is 80.4 Å². The van der Waals surface area contributed by atoms with Crippen molar-refractivity contribution < 1.29 is 19.0 Å². The molecule has 0 atom stereocenters. The molecule has 1 aromatic rings. The lowest BCUT2D eigenvalue weighted by molar-refractivity contribution is -0.131. The van der Waals surface area contributed by atoms with Crippen molar-refractivity contribution in [3.05, 3.63) is 35.7 Å². The van der Waals surface area contributed by atoms with Crippen LogP contribution in [0.4, 0.5) is 4.39 Å². The van der Waals surface area contributed by atoms with E-state index in [4.69, 9.17) is 9.84 Å². The molecule has 0 saturated heterocycles. The van der Waals surface area contributed by atoms with Crippen LogP contribution in [0.3, 0.4) is 0 Å². The van der Waals surface area contributed by atoms with Crippen molar-refractivity contribution in [2.24, 2.45) is 0 Å². The van der Waals surface area contributed by atoms with Gasteiger partial charge in [0.1, 0.15) is 0 Å². The Morgan fingerprint density at radius 3 is 2.79 bits per heavy atom. The second kappa shape index (κ2) is 4.41. The molecule has 0 fully saturated rings. The van der Waals surface area contributed by atoms with Crippen molar-refractivity contribution in [2.45, 2.75) is 0 Å². The van der Waals surface area contributed by atoms with E-state index in [1.54, 1.807) is 6.07 Å². The molecule has 3 nitrogen and oxygen atoms in total. The van der Waals surface area contributed by atoms with Gasteiger partial charge in [-0.3, -0.25) is 0 Å². The average Bonchev–Trinajstić information content (AvgIpc) is 2.15. The molecule has 74 valence electrons. The van der Waals surface area contributed by atoms with Gasteiger partial charge in [0.25, 0.3) is 0 Å². The van der Waals surface area contributed by atoms with Gasteiger partial charge >= 0.3 is 5.97 Å². The second-order valence-corrected chi connectivity index (χ2v) is 2.57. The fraction of sp³-hybridized carbons (Fsp3) is 0.100. The van der Waals surface area contributed by atoms with Gasteiger partial charge in [0.05, 0.1) is 7.11 Å². The van der Waals surface area contributed by atoms with Gasteiger partial charge in [-0.2, -0.15) is 0 Å². The topological polar surface area (TPSA) is 46.5 Å². The number of ether oxygens (including phenoxy) is 1. The molecule has 1 N–H and O–H groups in total. The summed E-state index contributed by atoms with van der Waals surface area (Å²) >= 11 is 0. The molecule has 0 radical (unpaired) electrons. The number of carbonyl (C=O) groups is 1. The van der Waals surface area contributed by atoms with E-state index in [0.29, 0.717) is 5.56 Å². The summed E-state index contributed by atoms with van der Waals surface area (Å²) in [5.74, 6) is -1.45. The lowest BCUT2D eigenvalue weighted by atomic mass is 10.2. The smallest absolute Gasteiger partial charge is 0.328 e. The predicted molar refractivity (Wildman–Crippen MR) is 49.6 cm³/mol. The van der Waals surface area contributed by atoms with Crippen LogP contribution >= 0.6 is 0 Å². The fourth-order valence-corrected chi connectivity index (χ4v) is 0.954. The summed E-state index contributed by atoms with van der Waals surface area (Å²) in [6.07, 6.45) is 2.26. The van der Waals surface area contributed by atoms with Crippen molar-refractivity contribution in [1.82, 2.24) is 0 Å². The molecule has 0 aliphatic carbocycles. The molecule has 0 saturated carbocycles. The first-order chi connectivity index (χ1) is 6.63. The fourth-order valence-electron chi connectivity index (χ4n) is 0.954. The van der Waals surface area contributed by atoms with Gasteiger partial charge < -0.3 is 9.84 Å². The van der Waals surface area contributed by atoms with Crippen LogP contribution in [0.1, 0.15) is 5.56 Å². The Hall–Kier alpha value is -1.84. The van der Waals surface area contributed by atoms with Gasteiger partial charge in [-0.25, -0.2) is 9.18 Å². The zero-order chi connectivity index (χ0) is 10.6. The Morgan fingerprint density at radius 1 is 1.57 bits per heavy atom. The van der Waals surface area contributed by atoms with Crippen molar-refractivity contribution in [3.63, 3.8) is 0 Å². The predicted octanol–water partition coefficient (Wildman–Crippen LogP) is 1.93. The molecule has 0 unspecified atom stereocenters. The molecule has 0 aliphatic rings. The van der Waals surface area contributed by atoms with E-state index in [1.165, 1.54) is 25.3 Å². The van der Waals surface area contributed by atoms with Crippen LogP contribution in [-0.4, -0.2) is 18.2 Å². The van der Waals surface area contributed by atoms with Crippen molar-refractivity contribution >= 4 is 12.0 Å². The van der Waals surface area contributed by atoms with E-state index in [1.807, 2.05) is 0 Å². The zero-order valence-electron chi connectivity index (χ0n) is 7.53. The highest BCUT2D eigenvalue weighted by atomic mass is 19.1. The number of methoxy groups -OCH3 is 1. The Morgan fingerprint density at radius 2 is 2.29 bits per heavy atom. The number of rotatable bonds is 3. The van der Waals surface area contributed by atoms with Gasteiger partial charge in [-0.1, -0.05) is 6.07 Å². The van der Waals surface area contributed by atoms with Gasteiger partial charge in [0.2, 0.25) is 0 Å². The van der Waals surface area contributed by atoms with Crippen molar-refractivity contribution in [2.75, 3.05) is 7.11 Å². The lowest BCUT2D eigenvalue weighted by Crippen LogP contribution is -1.89. The van der Waals surface area contributed by atoms with E-state index < -0.39 is 11.8 Å². The monoisotopic (exact) mass is 196 g/mol. The highest BCUT2D eigenvalue weighted by Crippen LogP contribution is 2.18.